The van der Waals surface area contributed by atoms with E-state index in [1.54, 1.807) is 0 Å². The SMILES string of the molecule is C[C@@H]1CNCCN1C[C@H](C)[C@@H](N)c1ccccc1. The molecule has 0 saturated carbocycles. The van der Waals surface area contributed by atoms with Gasteiger partial charge in [0.1, 0.15) is 0 Å². The molecule has 3 nitrogen and oxygen atoms in total. The van der Waals surface area contributed by atoms with Crippen molar-refractivity contribution in [1.29, 1.82) is 0 Å². The minimum atomic E-state index is 0.133. The number of nitrogens with zero attached hydrogens (tertiary/aromatic N) is 1. The molecule has 100 valence electrons. The fourth-order valence-corrected chi connectivity index (χ4v) is 2.64. The zero-order chi connectivity index (χ0) is 13.0. The van der Waals surface area contributed by atoms with Crippen LogP contribution >= 0.6 is 0 Å². The third-order valence-electron chi connectivity index (χ3n) is 3.96. The number of nitrogens with two attached hydrogens (primary N) is 1. The average molecular weight is 247 g/mol. The van der Waals surface area contributed by atoms with E-state index in [-0.39, 0.29) is 6.04 Å². The predicted molar refractivity (Wildman–Crippen MR) is 76.4 cm³/mol. The van der Waals surface area contributed by atoms with Gasteiger partial charge >= 0.3 is 0 Å². The first-order valence-electron chi connectivity index (χ1n) is 6.93. The van der Waals surface area contributed by atoms with Crippen LogP contribution in [0.25, 0.3) is 0 Å². The number of hydrogen-bond acceptors (Lipinski definition) is 3. The lowest BCUT2D eigenvalue weighted by atomic mass is 9.94. The molecule has 3 heteroatoms. The molecule has 0 aliphatic carbocycles. The van der Waals surface area contributed by atoms with Crippen molar-refractivity contribution in [2.45, 2.75) is 25.9 Å². The van der Waals surface area contributed by atoms with E-state index < -0.39 is 0 Å². The maximum absolute atomic E-state index is 6.36. The Balaban J connectivity index is 1.93. The summed E-state index contributed by atoms with van der Waals surface area (Å²) in [7, 11) is 0. The van der Waals surface area contributed by atoms with Gasteiger partial charge in [0.25, 0.3) is 0 Å². The second-order valence-corrected chi connectivity index (χ2v) is 5.46. The molecule has 1 aliphatic rings. The Bertz CT molecular complexity index is 352. The van der Waals surface area contributed by atoms with Crippen molar-refractivity contribution in [1.82, 2.24) is 10.2 Å². The maximum atomic E-state index is 6.36. The molecule has 18 heavy (non-hydrogen) atoms. The van der Waals surface area contributed by atoms with Crippen LogP contribution < -0.4 is 11.1 Å². The van der Waals surface area contributed by atoms with Crippen LogP contribution in [0.5, 0.6) is 0 Å². The Morgan fingerprint density at radius 1 is 1.39 bits per heavy atom. The standard InChI is InChI=1S/C15H25N3/c1-12(11-18-9-8-17-10-13(18)2)15(16)14-6-4-3-5-7-14/h3-7,12-13,15,17H,8-11,16H2,1-2H3/t12-,13+,15+/m0/s1. The summed E-state index contributed by atoms with van der Waals surface area (Å²) in [5.41, 5.74) is 7.60. The van der Waals surface area contributed by atoms with Crippen molar-refractivity contribution in [2.24, 2.45) is 11.7 Å². The number of nitrogens with one attached hydrogen (secondary N) is 1. The third kappa shape index (κ3) is 3.31. The van der Waals surface area contributed by atoms with E-state index in [0.29, 0.717) is 12.0 Å². The smallest absolute Gasteiger partial charge is 0.0333 e. The molecule has 1 fully saturated rings. The van der Waals surface area contributed by atoms with Crippen molar-refractivity contribution in [3.05, 3.63) is 35.9 Å². The molecular weight excluding hydrogens is 222 g/mol. The van der Waals surface area contributed by atoms with Crippen molar-refractivity contribution >= 4 is 0 Å². The fraction of sp³-hybridized carbons (Fsp3) is 0.600. The van der Waals surface area contributed by atoms with E-state index in [1.165, 1.54) is 5.56 Å². The van der Waals surface area contributed by atoms with E-state index in [9.17, 15) is 0 Å². The Kier molecular flexibility index (Phi) is 4.75. The summed E-state index contributed by atoms with van der Waals surface area (Å²) in [6, 6.07) is 11.2. The second-order valence-electron chi connectivity index (χ2n) is 5.46. The van der Waals surface area contributed by atoms with Gasteiger partial charge < -0.3 is 11.1 Å². The van der Waals surface area contributed by atoms with Gasteiger partial charge in [0.2, 0.25) is 0 Å². The lowest BCUT2D eigenvalue weighted by molar-refractivity contribution is 0.144. The number of benzene rings is 1. The van der Waals surface area contributed by atoms with E-state index in [1.807, 2.05) is 6.07 Å². The van der Waals surface area contributed by atoms with Crippen LogP contribution in [0.3, 0.4) is 0 Å². The highest BCUT2D eigenvalue weighted by Crippen LogP contribution is 2.21. The van der Waals surface area contributed by atoms with E-state index in [2.05, 4.69) is 48.3 Å². The summed E-state index contributed by atoms with van der Waals surface area (Å²) in [6.07, 6.45) is 0. The Morgan fingerprint density at radius 3 is 2.78 bits per heavy atom. The largest absolute Gasteiger partial charge is 0.324 e. The highest BCUT2D eigenvalue weighted by Gasteiger charge is 2.23. The van der Waals surface area contributed by atoms with Gasteiger partial charge in [-0.25, -0.2) is 0 Å². The maximum Gasteiger partial charge on any atom is 0.0333 e. The molecule has 0 aromatic heterocycles. The van der Waals surface area contributed by atoms with Gasteiger partial charge in [-0.15, -0.1) is 0 Å². The van der Waals surface area contributed by atoms with Gasteiger partial charge in [-0.1, -0.05) is 37.3 Å². The summed E-state index contributed by atoms with van der Waals surface area (Å²) >= 11 is 0. The molecule has 1 aromatic carbocycles. The van der Waals surface area contributed by atoms with Crippen LogP contribution in [-0.2, 0) is 0 Å². The van der Waals surface area contributed by atoms with Crippen molar-refractivity contribution in [3.8, 4) is 0 Å². The van der Waals surface area contributed by atoms with Crippen molar-refractivity contribution in [3.63, 3.8) is 0 Å². The Labute approximate surface area is 110 Å². The summed E-state index contributed by atoms with van der Waals surface area (Å²) in [5.74, 6) is 0.480. The summed E-state index contributed by atoms with van der Waals surface area (Å²) < 4.78 is 0. The summed E-state index contributed by atoms with van der Waals surface area (Å²) in [6.45, 7) is 8.94. The molecule has 1 aliphatic heterocycles. The van der Waals surface area contributed by atoms with Crippen LogP contribution in [0.1, 0.15) is 25.5 Å². The molecule has 2 rings (SSSR count). The molecule has 0 radical (unpaired) electrons. The Hall–Kier alpha value is -0.900. The van der Waals surface area contributed by atoms with Crippen molar-refractivity contribution in [2.75, 3.05) is 26.2 Å². The molecule has 1 heterocycles. The van der Waals surface area contributed by atoms with Crippen molar-refractivity contribution < 1.29 is 0 Å². The van der Waals surface area contributed by atoms with E-state index in [0.717, 1.165) is 26.2 Å². The average Bonchev–Trinajstić information content (AvgIpc) is 2.41. The highest BCUT2D eigenvalue weighted by atomic mass is 15.2. The van der Waals surface area contributed by atoms with Crippen LogP contribution in [-0.4, -0.2) is 37.1 Å². The number of rotatable bonds is 4. The zero-order valence-electron chi connectivity index (χ0n) is 11.5. The van der Waals surface area contributed by atoms with Gasteiger partial charge in [-0.05, 0) is 18.4 Å². The molecule has 0 spiro atoms. The van der Waals surface area contributed by atoms with E-state index >= 15 is 0 Å². The quantitative estimate of drug-likeness (QED) is 0.849. The van der Waals surface area contributed by atoms with Gasteiger partial charge in [-0.3, -0.25) is 4.90 Å². The lowest BCUT2D eigenvalue weighted by Gasteiger charge is -2.36. The molecule has 3 N–H and O–H groups in total. The monoisotopic (exact) mass is 247 g/mol. The van der Waals surface area contributed by atoms with Gasteiger partial charge in [0.05, 0.1) is 0 Å². The van der Waals surface area contributed by atoms with Gasteiger partial charge in [0.15, 0.2) is 0 Å². The first-order chi connectivity index (χ1) is 8.68. The molecule has 1 saturated heterocycles. The molecular formula is C15H25N3. The van der Waals surface area contributed by atoms with Crippen LogP contribution in [0.15, 0.2) is 30.3 Å². The molecule has 1 aromatic rings. The normalized spacial score (nSPS) is 24.7. The van der Waals surface area contributed by atoms with Crippen LogP contribution in [0.4, 0.5) is 0 Å². The highest BCUT2D eigenvalue weighted by molar-refractivity contribution is 5.19. The number of piperazine rings is 1. The third-order valence-corrected chi connectivity index (χ3v) is 3.96. The summed E-state index contributed by atoms with van der Waals surface area (Å²) in [5, 5.41) is 3.43. The topological polar surface area (TPSA) is 41.3 Å². The summed E-state index contributed by atoms with van der Waals surface area (Å²) in [4.78, 5) is 2.55. The number of hydrogen-bond donors (Lipinski definition) is 2. The second kappa shape index (κ2) is 6.32. The van der Waals surface area contributed by atoms with Crippen LogP contribution in [0.2, 0.25) is 0 Å². The van der Waals surface area contributed by atoms with Gasteiger partial charge in [-0.2, -0.15) is 0 Å². The van der Waals surface area contributed by atoms with Crippen LogP contribution in [0, 0.1) is 5.92 Å². The first-order valence-corrected chi connectivity index (χ1v) is 6.93. The lowest BCUT2D eigenvalue weighted by Crippen LogP contribution is -2.51. The predicted octanol–water partition coefficient (Wildman–Crippen LogP) is 1.62. The Morgan fingerprint density at radius 2 is 2.11 bits per heavy atom. The molecule has 0 unspecified atom stereocenters. The fourth-order valence-electron chi connectivity index (χ4n) is 2.64. The molecule has 0 bridgehead atoms. The minimum absolute atomic E-state index is 0.133. The van der Waals surface area contributed by atoms with Gasteiger partial charge in [0, 0.05) is 38.3 Å². The minimum Gasteiger partial charge on any atom is -0.324 e. The molecule has 0 amide bonds. The zero-order valence-corrected chi connectivity index (χ0v) is 11.5. The van der Waals surface area contributed by atoms with E-state index in [4.69, 9.17) is 5.73 Å². The first kappa shape index (κ1) is 13.5. The molecule has 3 atom stereocenters.